The Balaban J connectivity index is 1.25. The Bertz CT molecular complexity index is 1940. The van der Waals surface area contributed by atoms with E-state index in [1.54, 1.807) is 30.6 Å². The number of carbonyl (C=O) groups excluding carboxylic acids is 1. The molecule has 1 aliphatic heterocycles. The molecule has 220 valence electrons. The molecule has 3 heterocycles. The van der Waals surface area contributed by atoms with Crippen LogP contribution in [0.1, 0.15) is 41.6 Å². The van der Waals surface area contributed by atoms with Crippen LogP contribution in [0, 0.1) is 24.6 Å². The van der Waals surface area contributed by atoms with E-state index in [1.807, 2.05) is 35.2 Å². The van der Waals surface area contributed by atoms with Gasteiger partial charge in [0, 0.05) is 57.3 Å². The molecule has 3 aromatic carbocycles. The van der Waals surface area contributed by atoms with Gasteiger partial charge in [0.25, 0.3) is 5.91 Å². The molecule has 3 atom stereocenters. The average molecular weight is 596 g/mol. The number of thiophene rings is 1. The lowest BCUT2D eigenvalue weighted by Crippen LogP contribution is -2.41. The van der Waals surface area contributed by atoms with Crippen LogP contribution in [0.2, 0.25) is 0 Å². The molecule has 43 heavy (non-hydrogen) atoms. The van der Waals surface area contributed by atoms with E-state index in [0.717, 1.165) is 68.6 Å². The molecule has 2 saturated carbocycles. The molecule has 8 rings (SSSR count). The lowest BCUT2D eigenvalue weighted by atomic mass is 10.0. The summed E-state index contributed by atoms with van der Waals surface area (Å²) in [6.07, 6.45) is 4.48. The van der Waals surface area contributed by atoms with Crippen molar-refractivity contribution >= 4 is 38.2 Å². The number of nitrogens with zero attached hydrogens (tertiary/aromatic N) is 2. The average Bonchev–Trinajstić information content (AvgIpc) is 3.42. The highest BCUT2D eigenvalue weighted by Gasteiger charge is 2.47. The summed E-state index contributed by atoms with van der Waals surface area (Å²) >= 11 is 1.69. The summed E-state index contributed by atoms with van der Waals surface area (Å²) < 4.78 is 24.2. The van der Waals surface area contributed by atoms with Crippen molar-refractivity contribution < 1.29 is 19.0 Å². The summed E-state index contributed by atoms with van der Waals surface area (Å²) in [4.78, 5) is 16.8. The van der Waals surface area contributed by atoms with Gasteiger partial charge < -0.3 is 25.0 Å². The van der Waals surface area contributed by atoms with Crippen molar-refractivity contribution in [2.45, 2.75) is 51.2 Å². The third-order valence-corrected chi connectivity index (χ3v) is 11.2. The van der Waals surface area contributed by atoms with E-state index in [0.29, 0.717) is 28.7 Å². The summed E-state index contributed by atoms with van der Waals surface area (Å²) in [5, 5.41) is 12.1. The quantitative estimate of drug-likeness (QED) is 0.216. The van der Waals surface area contributed by atoms with Crippen molar-refractivity contribution in [2.75, 3.05) is 13.7 Å². The molecular formula is C35H34FN3O3S. The van der Waals surface area contributed by atoms with Gasteiger partial charge in [-0.1, -0.05) is 24.3 Å². The Morgan fingerprint density at radius 3 is 2.67 bits per heavy atom. The zero-order valence-corrected chi connectivity index (χ0v) is 25.1. The number of ether oxygens (including phenoxy) is 1. The molecule has 1 saturated heterocycles. The van der Waals surface area contributed by atoms with Crippen molar-refractivity contribution in [3.8, 4) is 33.2 Å². The molecule has 3 fully saturated rings. The third-order valence-electron chi connectivity index (χ3n) is 9.94. The molecule has 3 N–H and O–H groups in total. The highest BCUT2D eigenvalue weighted by Crippen LogP contribution is 2.46. The largest absolute Gasteiger partial charge is 0.505 e. The number of piperidine rings is 1. The maximum absolute atomic E-state index is 14.9. The minimum absolute atomic E-state index is 0.0324. The monoisotopic (exact) mass is 595 g/mol. The van der Waals surface area contributed by atoms with Gasteiger partial charge in [-0.15, -0.1) is 11.3 Å². The van der Waals surface area contributed by atoms with E-state index in [-0.39, 0.29) is 23.7 Å². The van der Waals surface area contributed by atoms with Gasteiger partial charge >= 0.3 is 0 Å². The number of hydrogen-bond donors (Lipinski definition) is 2. The Labute approximate surface area is 253 Å². The van der Waals surface area contributed by atoms with Gasteiger partial charge in [-0.25, -0.2) is 4.39 Å². The van der Waals surface area contributed by atoms with Crippen LogP contribution >= 0.6 is 11.3 Å². The fourth-order valence-corrected chi connectivity index (χ4v) is 8.72. The topological polar surface area (TPSA) is 80.7 Å². The van der Waals surface area contributed by atoms with Crippen molar-refractivity contribution in [2.24, 2.45) is 17.6 Å². The summed E-state index contributed by atoms with van der Waals surface area (Å²) in [7, 11) is 1.67. The fourth-order valence-electron chi connectivity index (χ4n) is 7.42. The van der Waals surface area contributed by atoms with E-state index in [4.69, 9.17) is 10.5 Å². The smallest absolute Gasteiger partial charge is 0.254 e. The third kappa shape index (κ3) is 4.18. The number of likely N-dealkylation sites (tertiary alicyclic amines) is 1. The number of hydrogen-bond acceptors (Lipinski definition) is 5. The maximum atomic E-state index is 14.9. The number of aromatic hydroxyl groups is 1. The Hall–Kier alpha value is -3.88. The van der Waals surface area contributed by atoms with Gasteiger partial charge in [0.05, 0.1) is 17.7 Å². The van der Waals surface area contributed by atoms with Gasteiger partial charge in [-0.3, -0.25) is 4.79 Å². The van der Waals surface area contributed by atoms with Gasteiger partial charge in [-0.2, -0.15) is 0 Å². The number of halogens is 1. The number of amides is 1. The number of carbonyl (C=O) groups is 1. The van der Waals surface area contributed by atoms with Gasteiger partial charge in [0.1, 0.15) is 5.75 Å². The molecule has 8 heteroatoms. The van der Waals surface area contributed by atoms with Gasteiger partial charge in [0.15, 0.2) is 11.6 Å². The van der Waals surface area contributed by atoms with Crippen LogP contribution in [0.4, 0.5) is 4.39 Å². The van der Waals surface area contributed by atoms with Crippen molar-refractivity contribution in [3.05, 3.63) is 71.5 Å². The molecular weight excluding hydrogens is 561 g/mol. The first-order chi connectivity index (χ1) is 20.8. The highest BCUT2D eigenvalue weighted by atomic mass is 32.1. The standard InChI is InChI=1S/C35H34FN3O3S/c1-18-31-29(42-2)14-23(35(41)39-17-22-10-11-25(39)33(22)37)15-30(31)43-34(18)27-13-21-9-8-20(24-4-3-5-28(40)32(24)36)12-26(21)38(27)16-19-6-7-19/h3-5,8-9,12-15,19,22,25,33,40H,6-7,10-11,16-17,37H2,1-2H3/t22?,25?,33-/m1/s1. The highest BCUT2D eigenvalue weighted by molar-refractivity contribution is 7.22. The van der Waals surface area contributed by atoms with Crippen LogP contribution in [-0.2, 0) is 6.54 Å². The molecule has 1 amide bonds. The SMILES string of the molecule is COc1cc(C(=O)N2CC3CCC2[C@@H]3N)cc2sc(-c3cc4ccc(-c5cccc(O)c5F)cc4n3CC3CC3)c(C)c12. The summed E-state index contributed by atoms with van der Waals surface area (Å²) in [5.41, 5.74) is 11.5. The molecule has 0 spiro atoms. The van der Waals surface area contributed by atoms with E-state index in [2.05, 4.69) is 17.6 Å². The summed E-state index contributed by atoms with van der Waals surface area (Å²) in [5.74, 6) is 0.800. The number of aromatic nitrogens is 1. The summed E-state index contributed by atoms with van der Waals surface area (Å²) in [6, 6.07) is 17.1. The second-order valence-corrected chi connectivity index (χ2v) is 13.6. The molecule has 6 nitrogen and oxygen atoms in total. The van der Waals surface area contributed by atoms with E-state index in [1.165, 1.54) is 18.9 Å². The first-order valence-corrected chi connectivity index (χ1v) is 15.9. The van der Waals surface area contributed by atoms with Crippen LogP contribution in [0.15, 0.2) is 54.6 Å². The molecule has 0 radical (unpaired) electrons. The minimum Gasteiger partial charge on any atom is -0.505 e. The Kier molecular flexibility index (Phi) is 6.11. The number of phenols is 1. The number of methoxy groups -OCH3 is 1. The normalized spacial score (nSPS) is 21.4. The molecule has 2 unspecified atom stereocenters. The molecule has 3 aliphatic rings. The Morgan fingerprint density at radius 2 is 1.95 bits per heavy atom. The summed E-state index contributed by atoms with van der Waals surface area (Å²) in [6.45, 7) is 3.75. The zero-order valence-electron chi connectivity index (χ0n) is 24.3. The number of aryl methyl sites for hydroxylation is 1. The molecule has 2 aromatic heterocycles. The minimum atomic E-state index is -0.607. The second-order valence-electron chi connectivity index (χ2n) is 12.5. The van der Waals surface area contributed by atoms with Crippen LogP contribution in [0.25, 0.3) is 42.7 Å². The predicted octanol–water partition coefficient (Wildman–Crippen LogP) is 7.32. The maximum Gasteiger partial charge on any atom is 0.254 e. The number of phenolic OH excluding ortho intramolecular Hbond substituents is 1. The van der Waals surface area contributed by atoms with Crippen molar-refractivity contribution in [1.82, 2.24) is 9.47 Å². The first kappa shape index (κ1) is 26.7. The van der Waals surface area contributed by atoms with Crippen LogP contribution in [0.5, 0.6) is 11.5 Å². The second kappa shape index (κ2) is 9.82. The number of fused-ring (bicyclic) bond motifs is 4. The fraction of sp³-hybridized carbons (Fsp3) is 0.343. The molecule has 2 bridgehead atoms. The Morgan fingerprint density at radius 1 is 1.12 bits per heavy atom. The lowest BCUT2D eigenvalue weighted by molar-refractivity contribution is 0.0700. The van der Waals surface area contributed by atoms with E-state index < -0.39 is 5.82 Å². The number of rotatable bonds is 6. The van der Waals surface area contributed by atoms with Crippen molar-refractivity contribution in [3.63, 3.8) is 0 Å². The molecule has 5 aromatic rings. The van der Waals surface area contributed by atoms with Crippen LogP contribution in [0.3, 0.4) is 0 Å². The van der Waals surface area contributed by atoms with Crippen LogP contribution < -0.4 is 10.5 Å². The van der Waals surface area contributed by atoms with Crippen molar-refractivity contribution in [1.29, 1.82) is 0 Å². The zero-order chi connectivity index (χ0) is 29.6. The number of benzene rings is 3. The lowest BCUT2D eigenvalue weighted by Gasteiger charge is -2.27. The van der Waals surface area contributed by atoms with E-state index >= 15 is 0 Å². The van der Waals surface area contributed by atoms with Gasteiger partial charge in [-0.05, 0) is 85.9 Å². The van der Waals surface area contributed by atoms with Crippen LogP contribution in [-0.4, -0.2) is 46.2 Å². The number of nitrogens with two attached hydrogens (primary N) is 1. The van der Waals surface area contributed by atoms with E-state index in [9.17, 15) is 14.3 Å². The first-order valence-electron chi connectivity index (χ1n) is 15.1. The van der Waals surface area contributed by atoms with Gasteiger partial charge in [0.2, 0.25) is 0 Å². The predicted molar refractivity (Wildman–Crippen MR) is 169 cm³/mol. The molecule has 2 aliphatic carbocycles.